The van der Waals surface area contributed by atoms with Gasteiger partial charge in [0.05, 0.1) is 30.3 Å². The lowest BCUT2D eigenvalue weighted by Crippen LogP contribution is -2.26. The van der Waals surface area contributed by atoms with Crippen LogP contribution in [0.25, 0.3) is 22.2 Å². The van der Waals surface area contributed by atoms with E-state index in [4.69, 9.17) is 0 Å². The van der Waals surface area contributed by atoms with Crippen LogP contribution in [0.5, 0.6) is 0 Å². The summed E-state index contributed by atoms with van der Waals surface area (Å²) in [5, 5.41) is 22.3. The number of alkyl halides is 1. The van der Waals surface area contributed by atoms with Crippen molar-refractivity contribution in [2.24, 2.45) is 0 Å². The molecule has 1 fully saturated rings. The number of aliphatic hydroxyl groups is 1. The number of pyridine rings is 1. The van der Waals surface area contributed by atoms with Crippen LogP contribution in [0.2, 0.25) is 0 Å². The lowest BCUT2D eigenvalue weighted by molar-refractivity contribution is 0.0577. The number of H-pyrrole nitrogens is 1. The Labute approximate surface area is 144 Å². The summed E-state index contributed by atoms with van der Waals surface area (Å²) in [5.74, 6) is 0.744. The monoisotopic (exact) mass is 344 g/mol. The summed E-state index contributed by atoms with van der Waals surface area (Å²) in [7, 11) is 0. The van der Waals surface area contributed by atoms with Gasteiger partial charge in [0.25, 0.3) is 0 Å². The van der Waals surface area contributed by atoms with Crippen LogP contribution in [0.15, 0.2) is 24.7 Å². The minimum atomic E-state index is -0.831. The first-order valence-electron chi connectivity index (χ1n) is 8.37. The minimum absolute atomic E-state index is 0.369. The van der Waals surface area contributed by atoms with Gasteiger partial charge in [0.1, 0.15) is 6.17 Å². The van der Waals surface area contributed by atoms with Gasteiger partial charge in [0, 0.05) is 30.1 Å². The Morgan fingerprint density at radius 2 is 2.20 bits per heavy atom. The van der Waals surface area contributed by atoms with Gasteiger partial charge >= 0.3 is 0 Å². The highest BCUT2D eigenvalue weighted by Gasteiger charge is 2.25. The Kier molecular flexibility index (Phi) is 3.72. The minimum Gasteiger partial charge on any atom is -0.389 e. The second-order valence-corrected chi connectivity index (χ2v) is 7.24. The molecule has 1 atom stereocenters. The largest absolute Gasteiger partial charge is 0.389 e. The number of aromatic nitrogens is 5. The van der Waals surface area contributed by atoms with Crippen LogP contribution < -0.4 is 4.90 Å². The number of rotatable bonds is 4. The Hall–Kier alpha value is -2.48. The quantitative estimate of drug-likeness (QED) is 0.758. The summed E-state index contributed by atoms with van der Waals surface area (Å²) in [6.07, 6.45) is 5.13. The van der Waals surface area contributed by atoms with Crippen molar-refractivity contribution in [3.05, 3.63) is 24.7 Å². The summed E-state index contributed by atoms with van der Waals surface area (Å²) in [4.78, 5) is 6.38. The molecule has 0 aromatic carbocycles. The first-order chi connectivity index (χ1) is 11.9. The molecule has 25 heavy (non-hydrogen) atoms. The maximum absolute atomic E-state index is 13.5. The molecule has 132 valence electrons. The first-order valence-corrected chi connectivity index (χ1v) is 8.37. The third-order valence-electron chi connectivity index (χ3n) is 4.34. The molecule has 0 radical (unpaired) electrons. The van der Waals surface area contributed by atoms with E-state index in [0.717, 1.165) is 22.3 Å². The van der Waals surface area contributed by atoms with E-state index >= 15 is 0 Å². The number of anilines is 1. The van der Waals surface area contributed by atoms with E-state index < -0.39 is 11.8 Å². The van der Waals surface area contributed by atoms with E-state index in [0.29, 0.717) is 31.7 Å². The summed E-state index contributed by atoms with van der Waals surface area (Å²) >= 11 is 0. The number of fused-ring (bicyclic) bond motifs is 1. The predicted molar refractivity (Wildman–Crippen MR) is 93.1 cm³/mol. The second-order valence-electron chi connectivity index (χ2n) is 7.24. The van der Waals surface area contributed by atoms with Gasteiger partial charge in [0.2, 0.25) is 0 Å². The maximum Gasteiger partial charge on any atom is 0.160 e. The zero-order valence-electron chi connectivity index (χ0n) is 14.3. The van der Waals surface area contributed by atoms with Gasteiger partial charge in [-0.25, -0.2) is 9.37 Å². The molecule has 3 aromatic rings. The molecule has 1 aliphatic heterocycles. The van der Waals surface area contributed by atoms with E-state index in [2.05, 4.69) is 20.3 Å². The van der Waals surface area contributed by atoms with Gasteiger partial charge in [-0.1, -0.05) is 0 Å². The second kappa shape index (κ2) is 5.80. The van der Waals surface area contributed by atoms with Crippen LogP contribution in [0.1, 0.15) is 20.3 Å². The van der Waals surface area contributed by atoms with Crippen molar-refractivity contribution in [2.45, 2.75) is 38.6 Å². The van der Waals surface area contributed by atoms with Gasteiger partial charge in [-0.15, -0.1) is 0 Å². The van der Waals surface area contributed by atoms with Crippen LogP contribution in [0.4, 0.5) is 10.2 Å². The third-order valence-corrected chi connectivity index (χ3v) is 4.34. The molecule has 0 aliphatic carbocycles. The van der Waals surface area contributed by atoms with Crippen molar-refractivity contribution >= 4 is 16.9 Å². The summed E-state index contributed by atoms with van der Waals surface area (Å²) in [6.45, 7) is 4.93. The van der Waals surface area contributed by atoms with Gasteiger partial charge in [0.15, 0.2) is 11.5 Å². The molecule has 4 heterocycles. The molecule has 1 unspecified atom stereocenters. The van der Waals surface area contributed by atoms with E-state index in [1.807, 2.05) is 17.2 Å². The fourth-order valence-electron chi connectivity index (χ4n) is 3.19. The zero-order chi connectivity index (χ0) is 17.6. The molecular weight excluding hydrogens is 323 g/mol. The van der Waals surface area contributed by atoms with Gasteiger partial charge in [-0.05, 0) is 26.3 Å². The number of aromatic amines is 1. The van der Waals surface area contributed by atoms with Crippen molar-refractivity contribution in [3.8, 4) is 11.1 Å². The number of hydrogen-bond donors (Lipinski definition) is 2. The van der Waals surface area contributed by atoms with Crippen molar-refractivity contribution in [3.63, 3.8) is 0 Å². The number of hydrogen-bond acceptors (Lipinski definition) is 5. The molecule has 0 saturated carbocycles. The SMILES string of the molecule is CC(C)(O)Cn1cc(-c2cnc3[nH]nc(N4CCC(F)C4)c3c2)cn1. The third kappa shape index (κ3) is 3.21. The Bertz CT molecular complexity index is 896. The highest BCUT2D eigenvalue weighted by Crippen LogP contribution is 2.30. The van der Waals surface area contributed by atoms with Crippen LogP contribution in [0, 0.1) is 0 Å². The topological polar surface area (TPSA) is 82.9 Å². The van der Waals surface area contributed by atoms with Crippen LogP contribution in [-0.4, -0.2) is 54.9 Å². The number of nitrogens with zero attached hydrogens (tertiary/aromatic N) is 5. The van der Waals surface area contributed by atoms with Crippen molar-refractivity contribution in [2.75, 3.05) is 18.0 Å². The van der Waals surface area contributed by atoms with Gasteiger partial charge in [-0.3, -0.25) is 9.78 Å². The van der Waals surface area contributed by atoms with E-state index in [1.54, 1.807) is 30.9 Å². The van der Waals surface area contributed by atoms with Crippen molar-refractivity contribution in [1.29, 1.82) is 0 Å². The molecule has 1 saturated heterocycles. The lowest BCUT2D eigenvalue weighted by atomic mass is 10.1. The van der Waals surface area contributed by atoms with Crippen LogP contribution >= 0.6 is 0 Å². The molecule has 8 heteroatoms. The lowest BCUT2D eigenvalue weighted by Gasteiger charge is -2.16. The summed E-state index contributed by atoms with van der Waals surface area (Å²) in [6, 6.07) is 2.00. The van der Waals surface area contributed by atoms with Crippen molar-refractivity contribution in [1.82, 2.24) is 25.0 Å². The average Bonchev–Trinajstić information content (AvgIpc) is 3.24. The Balaban J connectivity index is 1.67. The standard InChI is InChI=1S/C17H21FN6O/c1-17(2,25)10-24-8-12(7-20-24)11-5-14-15(19-6-11)21-22-16(14)23-4-3-13(18)9-23/h5-8,13,25H,3-4,9-10H2,1-2H3,(H,19,21,22). The molecule has 3 aromatic heterocycles. The fourth-order valence-corrected chi connectivity index (χ4v) is 3.19. The molecular formula is C17H21FN6O. The van der Waals surface area contributed by atoms with Crippen LogP contribution in [0.3, 0.4) is 0 Å². The first kappa shape index (κ1) is 16.0. The van der Waals surface area contributed by atoms with Crippen molar-refractivity contribution < 1.29 is 9.50 Å². The zero-order valence-corrected chi connectivity index (χ0v) is 14.3. The van der Waals surface area contributed by atoms with Gasteiger partial charge < -0.3 is 10.0 Å². The normalized spacial score (nSPS) is 18.4. The van der Waals surface area contributed by atoms with E-state index in [9.17, 15) is 9.50 Å². The molecule has 2 N–H and O–H groups in total. The summed E-state index contributed by atoms with van der Waals surface area (Å²) < 4.78 is 15.2. The Morgan fingerprint density at radius 3 is 2.92 bits per heavy atom. The highest BCUT2D eigenvalue weighted by molar-refractivity contribution is 5.90. The molecule has 0 amide bonds. The average molecular weight is 344 g/mol. The molecule has 4 rings (SSSR count). The smallest absolute Gasteiger partial charge is 0.160 e. The molecule has 0 bridgehead atoms. The maximum atomic E-state index is 13.5. The number of halogens is 1. The number of nitrogens with one attached hydrogen (secondary N) is 1. The van der Waals surface area contributed by atoms with E-state index in [1.165, 1.54) is 0 Å². The molecule has 1 aliphatic rings. The Morgan fingerprint density at radius 1 is 1.36 bits per heavy atom. The fraction of sp³-hybridized carbons (Fsp3) is 0.471. The highest BCUT2D eigenvalue weighted by atomic mass is 19.1. The predicted octanol–water partition coefficient (Wildman–Crippen LogP) is 2.14. The molecule has 0 spiro atoms. The molecule has 7 nitrogen and oxygen atoms in total. The van der Waals surface area contributed by atoms with E-state index in [-0.39, 0.29) is 0 Å². The van der Waals surface area contributed by atoms with Crippen LogP contribution in [-0.2, 0) is 6.54 Å². The summed E-state index contributed by atoms with van der Waals surface area (Å²) in [5.41, 5.74) is 1.68. The van der Waals surface area contributed by atoms with Gasteiger partial charge in [-0.2, -0.15) is 10.2 Å².